The number of nitrogens with one attached hydrogen (secondary N) is 1. The molecule has 3 rings (SSSR count). The van der Waals surface area contributed by atoms with Crippen LogP contribution in [0.4, 0.5) is 5.69 Å². The van der Waals surface area contributed by atoms with E-state index in [1.54, 1.807) is 4.90 Å². The molecule has 0 bridgehead atoms. The molecular weight excluding hydrogens is 316 g/mol. The van der Waals surface area contributed by atoms with Crippen LogP contribution in [0.1, 0.15) is 23.2 Å². The van der Waals surface area contributed by atoms with Gasteiger partial charge in [-0.1, -0.05) is 24.3 Å². The summed E-state index contributed by atoms with van der Waals surface area (Å²) in [6.07, 6.45) is 1.21. The molecular formula is C20H24N2O3. The van der Waals surface area contributed by atoms with Crippen LogP contribution < -0.4 is 10.1 Å². The molecule has 5 nitrogen and oxygen atoms in total. The number of β-amino-alcohol motifs (C(OH)–C–C–N with tert-alkyl or cyclic N) is 1. The van der Waals surface area contributed by atoms with E-state index in [1.165, 1.54) is 0 Å². The second-order valence-corrected chi connectivity index (χ2v) is 6.22. The van der Waals surface area contributed by atoms with Crippen molar-refractivity contribution in [1.82, 2.24) is 4.90 Å². The van der Waals surface area contributed by atoms with Crippen molar-refractivity contribution in [3.05, 3.63) is 60.2 Å². The number of hydrogen-bond acceptors (Lipinski definition) is 4. The van der Waals surface area contributed by atoms with Gasteiger partial charge in [-0.2, -0.15) is 0 Å². The van der Waals surface area contributed by atoms with Crippen LogP contribution in [0.25, 0.3) is 0 Å². The molecule has 0 saturated carbocycles. The summed E-state index contributed by atoms with van der Waals surface area (Å²) in [7, 11) is 0. The van der Waals surface area contributed by atoms with Crippen LogP contribution in [-0.4, -0.2) is 48.3 Å². The van der Waals surface area contributed by atoms with Crippen molar-refractivity contribution in [3.63, 3.8) is 0 Å². The fourth-order valence-corrected chi connectivity index (χ4v) is 2.96. The fraction of sp³-hybridized carbons (Fsp3) is 0.350. The van der Waals surface area contributed by atoms with Crippen molar-refractivity contribution in [3.8, 4) is 5.75 Å². The molecule has 0 spiro atoms. The first-order valence-electron chi connectivity index (χ1n) is 8.71. The van der Waals surface area contributed by atoms with Gasteiger partial charge in [0.2, 0.25) is 0 Å². The van der Waals surface area contributed by atoms with Gasteiger partial charge in [0.25, 0.3) is 5.91 Å². The average Bonchev–Trinajstić information content (AvgIpc) is 2.66. The number of benzene rings is 2. The SMILES string of the molecule is O=C(c1cccc(NCCOc2ccccc2)c1)N1CCC[C@H](O)C1. The lowest BCUT2D eigenvalue weighted by Gasteiger charge is -2.30. The Kier molecular flexibility index (Phi) is 5.90. The molecule has 2 aromatic carbocycles. The molecule has 2 N–H and O–H groups in total. The first-order valence-corrected chi connectivity index (χ1v) is 8.71. The number of carbonyl (C=O) groups is 1. The van der Waals surface area contributed by atoms with E-state index in [0.29, 0.717) is 31.8 Å². The van der Waals surface area contributed by atoms with Gasteiger partial charge in [0, 0.05) is 30.9 Å². The minimum absolute atomic E-state index is 0.0251. The number of likely N-dealkylation sites (tertiary alicyclic amines) is 1. The number of amides is 1. The topological polar surface area (TPSA) is 61.8 Å². The molecule has 0 aliphatic carbocycles. The first-order chi connectivity index (χ1) is 12.2. The molecule has 132 valence electrons. The van der Waals surface area contributed by atoms with Crippen LogP contribution in [0.3, 0.4) is 0 Å². The molecule has 1 aliphatic heterocycles. The Morgan fingerprint density at radius 2 is 2.04 bits per heavy atom. The minimum Gasteiger partial charge on any atom is -0.492 e. The van der Waals surface area contributed by atoms with Crippen molar-refractivity contribution >= 4 is 11.6 Å². The van der Waals surface area contributed by atoms with Crippen LogP contribution in [0.5, 0.6) is 5.75 Å². The van der Waals surface area contributed by atoms with Gasteiger partial charge in [-0.25, -0.2) is 0 Å². The Labute approximate surface area is 148 Å². The highest BCUT2D eigenvalue weighted by Crippen LogP contribution is 2.17. The minimum atomic E-state index is -0.408. The molecule has 1 amide bonds. The molecule has 1 aliphatic rings. The quantitative estimate of drug-likeness (QED) is 0.794. The Morgan fingerprint density at radius 1 is 1.20 bits per heavy atom. The summed E-state index contributed by atoms with van der Waals surface area (Å²) in [5.74, 6) is 0.819. The number of para-hydroxylation sites is 1. The van der Waals surface area contributed by atoms with Gasteiger partial charge in [0.1, 0.15) is 12.4 Å². The number of aliphatic hydroxyl groups is 1. The number of hydrogen-bond donors (Lipinski definition) is 2. The van der Waals surface area contributed by atoms with E-state index >= 15 is 0 Å². The van der Waals surface area contributed by atoms with Gasteiger partial charge in [-0.05, 0) is 43.2 Å². The van der Waals surface area contributed by atoms with E-state index in [0.717, 1.165) is 24.3 Å². The normalized spacial score (nSPS) is 17.2. The van der Waals surface area contributed by atoms with Crippen molar-refractivity contribution in [2.24, 2.45) is 0 Å². The van der Waals surface area contributed by atoms with Gasteiger partial charge in [-0.15, -0.1) is 0 Å². The molecule has 0 radical (unpaired) electrons. The third-order valence-corrected chi connectivity index (χ3v) is 4.24. The Balaban J connectivity index is 1.51. The lowest BCUT2D eigenvalue weighted by atomic mass is 10.1. The molecule has 2 aromatic rings. The third-order valence-electron chi connectivity index (χ3n) is 4.24. The number of carbonyl (C=O) groups excluding carboxylic acids is 1. The highest BCUT2D eigenvalue weighted by molar-refractivity contribution is 5.95. The highest BCUT2D eigenvalue weighted by atomic mass is 16.5. The van der Waals surface area contributed by atoms with Crippen LogP contribution >= 0.6 is 0 Å². The number of ether oxygens (including phenoxy) is 1. The number of piperidine rings is 1. The van der Waals surface area contributed by atoms with Gasteiger partial charge in [-0.3, -0.25) is 4.79 Å². The van der Waals surface area contributed by atoms with Crippen molar-refractivity contribution in [1.29, 1.82) is 0 Å². The van der Waals surface area contributed by atoms with Crippen LogP contribution in [0, 0.1) is 0 Å². The first kappa shape index (κ1) is 17.3. The van der Waals surface area contributed by atoms with E-state index in [1.807, 2.05) is 54.6 Å². The number of anilines is 1. The maximum Gasteiger partial charge on any atom is 0.254 e. The zero-order valence-electron chi connectivity index (χ0n) is 14.2. The standard InChI is InChI=1S/C20H24N2O3/c23-18-8-5-12-22(15-18)20(24)16-6-4-7-17(14-16)21-11-13-25-19-9-2-1-3-10-19/h1-4,6-7,9-10,14,18,21,23H,5,8,11-13,15H2/t18-/m0/s1. The summed E-state index contributed by atoms with van der Waals surface area (Å²) in [4.78, 5) is 14.3. The van der Waals surface area contributed by atoms with E-state index in [4.69, 9.17) is 4.74 Å². The van der Waals surface area contributed by atoms with Gasteiger partial charge in [0.15, 0.2) is 0 Å². The third kappa shape index (κ3) is 4.97. The van der Waals surface area contributed by atoms with Gasteiger partial charge < -0.3 is 20.1 Å². The monoisotopic (exact) mass is 340 g/mol. The zero-order chi connectivity index (χ0) is 17.5. The number of nitrogens with zero attached hydrogens (tertiary/aromatic N) is 1. The Bertz CT molecular complexity index is 690. The van der Waals surface area contributed by atoms with Crippen LogP contribution in [-0.2, 0) is 0 Å². The summed E-state index contributed by atoms with van der Waals surface area (Å²) >= 11 is 0. The molecule has 25 heavy (non-hydrogen) atoms. The molecule has 1 atom stereocenters. The van der Waals surface area contributed by atoms with E-state index in [9.17, 15) is 9.90 Å². The van der Waals surface area contributed by atoms with Crippen molar-refractivity contribution in [2.45, 2.75) is 18.9 Å². The molecule has 1 saturated heterocycles. The Morgan fingerprint density at radius 3 is 2.84 bits per heavy atom. The number of rotatable bonds is 6. The average molecular weight is 340 g/mol. The van der Waals surface area contributed by atoms with Crippen LogP contribution in [0.15, 0.2) is 54.6 Å². The molecule has 5 heteroatoms. The predicted molar refractivity (Wildman–Crippen MR) is 98.0 cm³/mol. The lowest BCUT2D eigenvalue weighted by molar-refractivity contribution is 0.0474. The molecule has 1 fully saturated rings. The van der Waals surface area contributed by atoms with Gasteiger partial charge >= 0.3 is 0 Å². The summed E-state index contributed by atoms with van der Waals surface area (Å²) < 4.78 is 5.65. The molecule has 0 unspecified atom stereocenters. The van der Waals surface area contributed by atoms with E-state index < -0.39 is 6.10 Å². The van der Waals surface area contributed by atoms with E-state index in [-0.39, 0.29) is 5.91 Å². The number of aliphatic hydroxyl groups excluding tert-OH is 1. The molecule has 0 aromatic heterocycles. The second kappa shape index (κ2) is 8.53. The maximum absolute atomic E-state index is 12.6. The second-order valence-electron chi connectivity index (χ2n) is 6.22. The lowest BCUT2D eigenvalue weighted by Crippen LogP contribution is -2.42. The predicted octanol–water partition coefficient (Wildman–Crippen LogP) is 2.77. The van der Waals surface area contributed by atoms with Gasteiger partial charge in [0.05, 0.1) is 6.10 Å². The summed E-state index contributed by atoms with van der Waals surface area (Å²) in [5.41, 5.74) is 1.53. The summed E-state index contributed by atoms with van der Waals surface area (Å²) in [5, 5.41) is 13.0. The van der Waals surface area contributed by atoms with Crippen molar-refractivity contribution < 1.29 is 14.6 Å². The summed E-state index contributed by atoms with van der Waals surface area (Å²) in [6, 6.07) is 17.2. The van der Waals surface area contributed by atoms with E-state index in [2.05, 4.69) is 5.32 Å². The fourth-order valence-electron chi connectivity index (χ4n) is 2.96. The van der Waals surface area contributed by atoms with Crippen molar-refractivity contribution in [2.75, 3.05) is 31.6 Å². The maximum atomic E-state index is 12.6. The zero-order valence-corrected chi connectivity index (χ0v) is 14.2. The largest absolute Gasteiger partial charge is 0.492 e. The smallest absolute Gasteiger partial charge is 0.254 e. The highest BCUT2D eigenvalue weighted by Gasteiger charge is 2.23. The summed E-state index contributed by atoms with van der Waals surface area (Å²) in [6.45, 7) is 2.31. The Hall–Kier alpha value is -2.53. The molecule has 1 heterocycles. The van der Waals surface area contributed by atoms with Crippen LogP contribution in [0.2, 0.25) is 0 Å².